The molecule has 0 N–H and O–H groups in total. The van der Waals surface area contributed by atoms with Gasteiger partial charge in [0, 0.05) is 5.02 Å². The van der Waals surface area contributed by atoms with Crippen molar-refractivity contribution in [2.45, 2.75) is 6.42 Å². The van der Waals surface area contributed by atoms with Crippen molar-refractivity contribution >= 4 is 40.5 Å². The van der Waals surface area contributed by atoms with Crippen molar-refractivity contribution in [3.05, 3.63) is 63.6 Å². The molecular formula is C16H9Cl2N3O. The third-order valence-electron chi connectivity index (χ3n) is 3.26. The highest BCUT2D eigenvalue weighted by Gasteiger charge is 2.27. The van der Waals surface area contributed by atoms with Crippen LogP contribution >= 0.6 is 23.2 Å². The molecule has 4 nitrogen and oxygen atoms in total. The number of nitriles is 1. The number of nitrogens with zero attached hydrogens (tertiary/aromatic N) is 3. The van der Waals surface area contributed by atoms with Gasteiger partial charge < -0.3 is 0 Å². The van der Waals surface area contributed by atoms with E-state index in [4.69, 9.17) is 28.5 Å². The Labute approximate surface area is 137 Å². The Morgan fingerprint density at radius 1 is 1.14 bits per heavy atom. The van der Waals surface area contributed by atoms with Gasteiger partial charge in [-0.15, -0.1) is 0 Å². The van der Waals surface area contributed by atoms with Crippen LogP contribution in [0.15, 0.2) is 47.6 Å². The van der Waals surface area contributed by atoms with Crippen LogP contribution in [-0.2, 0) is 4.79 Å². The Kier molecular flexibility index (Phi) is 3.84. The minimum absolute atomic E-state index is 0.170. The molecule has 1 heterocycles. The number of hydrogen-bond donors (Lipinski definition) is 0. The van der Waals surface area contributed by atoms with Crippen LogP contribution in [0.25, 0.3) is 0 Å². The molecular weight excluding hydrogens is 321 g/mol. The van der Waals surface area contributed by atoms with E-state index in [2.05, 4.69) is 5.10 Å². The van der Waals surface area contributed by atoms with E-state index in [1.807, 2.05) is 18.2 Å². The molecule has 0 spiro atoms. The summed E-state index contributed by atoms with van der Waals surface area (Å²) in [6.07, 6.45) is 0.192. The zero-order chi connectivity index (χ0) is 15.7. The average molecular weight is 330 g/mol. The van der Waals surface area contributed by atoms with Crippen molar-refractivity contribution in [1.82, 2.24) is 0 Å². The summed E-state index contributed by atoms with van der Waals surface area (Å²) in [7, 11) is 0. The lowest BCUT2D eigenvalue weighted by Gasteiger charge is -2.13. The predicted octanol–water partition coefficient (Wildman–Crippen LogP) is 4.01. The fourth-order valence-corrected chi connectivity index (χ4v) is 2.56. The van der Waals surface area contributed by atoms with Gasteiger partial charge in [-0.05, 0) is 35.9 Å². The van der Waals surface area contributed by atoms with E-state index in [1.165, 1.54) is 11.1 Å². The highest BCUT2D eigenvalue weighted by atomic mass is 35.5. The van der Waals surface area contributed by atoms with E-state index in [0.29, 0.717) is 27.0 Å². The second-order valence-electron chi connectivity index (χ2n) is 4.71. The van der Waals surface area contributed by atoms with Crippen LogP contribution in [-0.4, -0.2) is 11.6 Å². The molecule has 0 saturated heterocycles. The summed E-state index contributed by atoms with van der Waals surface area (Å²) in [5.41, 5.74) is 2.39. The van der Waals surface area contributed by atoms with E-state index >= 15 is 0 Å². The standard InChI is InChI=1S/C16H9Cl2N3O/c17-12-4-2-11(3-5-12)14-8-16(22)21(20-14)15-6-1-10(9-19)7-13(15)18/h1-7H,8H2. The van der Waals surface area contributed by atoms with Gasteiger partial charge >= 0.3 is 0 Å². The summed E-state index contributed by atoms with van der Waals surface area (Å²) in [4.78, 5) is 12.2. The molecule has 1 aliphatic heterocycles. The summed E-state index contributed by atoms with van der Waals surface area (Å²) in [6.45, 7) is 0. The first-order valence-electron chi connectivity index (χ1n) is 6.44. The predicted molar refractivity (Wildman–Crippen MR) is 86.3 cm³/mol. The highest BCUT2D eigenvalue weighted by molar-refractivity contribution is 6.34. The highest BCUT2D eigenvalue weighted by Crippen LogP contribution is 2.30. The molecule has 108 valence electrons. The molecule has 22 heavy (non-hydrogen) atoms. The van der Waals surface area contributed by atoms with Crippen molar-refractivity contribution in [2.75, 3.05) is 5.01 Å². The molecule has 1 amide bonds. The third kappa shape index (κ3) is 2.69. The quantitative estimate of drug-likeness (QED) is 0.835. The molecule has 0 bridgehead atoms. The molecule has 0 saturated carbocycles. The lowest BCUT2D eigenvalue weighted by atomic mass is 10.1. The number of hydrazone groups is 1. The van der Waals surface area contributed by atoms with Gasteiger partial charge in [-0.25, -0.2) is 0 Å². The smallest absolute Gasteiger partial charge is 0.253 e. The minimum Gasteiger partial charge on any atom is -0.272 e. The molecule has 6 heteroatoms. The molecule has 0 fully saturated rings. The molecule has 0 atom stereocenters. The SMILES string of the molecule is N#Cc1ccc(N2N=C(c3ccc(Cl)cc3)CC2=O)c(Cl)c1. The van der Waals surface area contributed by atoms with Crippen LogP contribution in [0.1, 0.15) is 17.5 Å². The van der Waals surface area contributed by atoms with Gasteiger partial charge in [0.1, 0.15) is 0 Å². The van der Waals surface area contributed by atoms with Crippen LogP contribution < -0.4 is 5.01 Å². The number of amides is 1. The van der Waals surface area contributed by atoms with Gasteiger partial charge in [0.2, 0.25) is 0 Å². The molecule has 0 unspecified atom stereocenters. The van der Waals surface area contributed by atoms with Gasteiger partial charge in [-0.3, -0.25) is 4.79 Å². The zero-order valence-electron chi connectivity index (χ0n) is 11.3. The first-order chi connectivity index (χ1) is 10.6. The molecule has 3 rings (SSSR count). The third-order valence-corrected chi connectivity index (χ3v) is 3.81. The van der Waals surface area contributed by atoms with E-state index < -0.39 is 0 Å². The summed E-state index contributed by atoms with van der Waals surface area (Å²) in [5.74, 6) is -0.170. The topological polar surface area (TPSA) is 56.5 Å². The van der Waals surface area contributed by atoms with E-state index in [0.717, 1.165) is 5.56 Å². The Morgan fingerprint density at radius 3 is 2.50 bits per heavy atom. The molecule has 0 radical (unpaired) electrons. The maximum atomic E-state index is 12.2. The monoisotopic (exact) mass is 329 g/mol. The Morgan fingerprint density at radius 2 is 1.86 bits per heavy atom. The van der Waals surface area contributed by atoms with E-state index in [-0.39, 0.29) is 12.3 Å². The van der Waals surface area contributed by atoms with Gasteiger partial charge in [0.25, 0.3) is 5.91 Å². The number of rotatable bonds is 2. The van der Waals surface area contributed by atoms with Gasteiger partial charge in [-0.2, -0.15) is 15.4 Å². The summed E-state index contributed by atoms with van der Waals surface area (Å²) < 4.78 is 0. The van der Waals surface area contributed by atoms with Gasteiger partial charge in [0.15, 0.2) is 0 Å². The maximum Gasteiger partial charge on any atom is 0.253 e. The molecule has 2 aromatic rings. The number of carbonyl (C=O) groups excluding carboxylic acids is 1. The zero-order valence-corrected chi connectivity index (χ0v) is 12.8. The molecule has 2 aromatic carbocycles. The van der Waals surface area contributed by atoms with Crippen molar-refractivity contribution in [2.24, 2.45) is 5.10 Å². The van der Waals surface area contributed by atoms with Gasteiger partial charge in [-0.1, -0.05) is 35.3 Å². The number of halogens is 2. The van der Waals surface area contributed by atoms with Crippen LogP contribution in [0, 0.1) is 11.3 Å². The van der Waals surface area contributed by atoms with Crippen molar-refractivity contribution < 1.29 is 4.79 Å². The largest absolute Gasteiger partial charge is 0.272 e. The molecule has 0 aliphatic carbocycles. The Bertz CT molecular complexity index is 822. The molecule has 1 aliphatic rings. The number of benzene rings is 2. The summed E-state index contributed by atoms with van der Waals surface area (Å²) in [6, 6.07) is 13.9. The van der Waals surface area contributed by atoms with Crippen molar-refractivity contribution in [3.63, 3.8) is 0 Å². The lowest BCUT2D eigenvalue weighted by molar-refractivity contribution is -0.116. The fourth-order valence-electron chi connectivity index (χ4n) is 2.17. The van der Waals surface area contributed by atoms with Crippen LogP contribution in [0.2, 0.25) is 10.0 Å². The minimum atomic E-state index is -0.170. The first kappa shape index (κ1) is 14.6. The first-order valence-corrected chi connectivity index (χ1v) is 7.20. The second kappa shape index (κ2) is 5.80. The second-order valence-corrected chi connectivity index (χ2v) is 5.56. The number of anilines is 1. The average Bonchev–Trinajstić information content (AvgIpc) is 2.89. The molecule has 0 aromatic heterocycles. The van der Waals surface area contributed by atoms with Crippen molar-refractivity contribution in [1.29, 1.82) is 5.26 Å². The number of hydrogen-bond acceptors (Lipinski definition) is 3. The van der Waals surface area contributed by atoms with Crippen LogP contribution in [0.3, 0.4) is 0 Å². The Balaban J connectivity index is 1.97. The van der Waals surface area contributed by atoms with Gasteiger partial charge in [0.05, 0.1) is 34.5 Å². The Hall–Kier alpha value is -2.35. The summed E-state index contributed by atoms with van der Waals surface area (Å²) >= 11 is 12.0. The van der Waals surface area contributed by atoms with E-state index in [9.17, 15) is 4.79 Å². The van der Waals surface area contributed by atoms with Crippen LogP contribution in [0.4, 0.5) is 5.69 Å². The fraction of sp³-hybridized carbons (Fsp3) is 0.0625. The lowest BCUT2D eigenvalue weighted by Crippen LogP contribution is -2.19. The normalized spacial score (nSPS) is 14.0. The number of carbonyl (C=O) groups is 1. The maximum absolute atomic E-state index is 12.2. The summed E-state index contributed by atoms with van der Waals surface area (Å²) in [5, 5.41) is 15.4. The van der Waals surface area contributed by atoms with E-state index in [1.54, 1.807) is 24.3 Å². The van der Waals surface area contributed by atoms with Crippen molar-refractivity contribution in [3.8, 4) is 6.07 Å². The van der Waals surface area contributed by atoms with Crippen LogP contribution in [0.5, 0.6) is 0 Å².